The maximum Gasteiger partial charge on any atom is 0.494 e. The molecule has 5 rings (SSSR count). The Labute approximate surface area is 273 Å². The van der Waals surface area contributed by atoms with Crippen molar-refractivity contribution in [1.29, 1.82) is 0 Å². The summed E-state index contributed by atoms with van der Waals surface area (Å²) in [4.78, 5) is 11.0. The van der Waals surface area contributed by atoms with Crippen molar-refractivity contribution in [2.45, 2.75) is 85.0 Å². The molecule has 2 aliphatic carbocycles. The molecule has 0 aromatic heterocycles. The van der Waals surface area contributed by atoms with E-state index in [1.165, 1.54) is 37.3 Å². The van der Waals surface area contributed by atoms with E-state index in [1.807, 2.05) is 70.2 Å². The van der Waals surface area contributed by atoms with Crippen molar-refractivity contribution in [3.63, 3.8) is 0 Å². The van der Waals surface area contributed by atoms with Crippen LogP contribution in [0, 0.1) is 23.7 Å². The fourth-order valence-corrected chi connectivity index (χ4v) is 7.55. The largest absolute Gasteiger partial charge is 0.496 e. The minimum Gasteiger partial charge on any atom is -0.496 e. The SMILES string of the molecule is CO/C(=C1/C(C)CC2CC(C)CC1C2)c1ccc(/C=C/C=C/C(=O)O)c(OCc2ccc(B3OC(C)(C)C(C)(C)O3)cc2)c1Cl. The Morgan fingerprint density at radius 3 is 2.33 bits per heavy atom. The van der Waals surface area contributed by atoms with E-state index in [4.69, 9.17) is 35.5 Å². The van der Waals surface area contributed by atoms with Gasteiger partial charge < -0.3 is 23.9 Å². The number of carboxylic acid groups (broad SMARTS) is 1. The second-order valence-corrected chi connectivity index (χ2v) is 14.4. The Morgan fingerprint density at radius 1 is 1.00 bits per heavy atom. The summed E-state index contributed by atoms with van der Waals surface area (Å²) in [6.45, 7) is 13.1. The quantitative estimate of drug-likeness (QED) is 0.130. The van der Waals surface area contributed by atoms with Crippen LogP contribution in [-0.4, -0.2) is 36.5 Å². The maximum atomic E-state index is 11.0. The van der Waals surface area contributed by atoms with Crippen LogP contribution in [0.5, 0.6) is 5.75 Å². The predicted octanol–water partition coefficient (Wildman–Crippen LogP) is 8.32. The van der Waals surface area contributed by atoms with Crippen molar-refractivity contribution in [1.82, 2.24) is 0 Å². The van der Waals surface area contributed by atoms with E-state index in [0.717, 1.165) is 39.9 Å². The van der Waals surface area contributed by atoms with E-state index in [9.17, 15) is 4.79 Å². The molecule has 45 heavy (non-hydrogen) atoms. The number of halogens is 1. The lowest BCUT2D eigenvalue weighted by atomic mass is 9.62. The summed E-state index contributed by atoms with van der Waals surface area (Å²) >= 11 is 7.19. The van der Waals surface area contributed by atoms with Gasteiger partial charge in [-0.25, -0.2) is 4.79 Å². The van der Waals surface area contributed by atoms with Crippen molar-refractivity contribution >= 4 is 42.0 Å². The van der Waals surface area contributed by atoms with Gasteiger partial charge >= 0.3 is 13.1 Å². The number of hydrogen-bond acceptors (Lipinski definition) is 5. The van der Waals surface area contributed by atoms with Gasteiger partial charge in [0, 0.05) is 17.2 Å². The molecule has 0 amide bonds. The standard InChI is InChI=1S/C37H46BClO6/c1-23-18-26-20-24(2)32(28(19-23)21-26)35(42-7)30-17-14-27(10-8-9-11-31(40)41)34(33(30)39)43-22-25-12-15-29(16-13-25)38-44-36(3,4)37(5,6)45-38/h8-17,23-24,26,28H,18-22H2,1-7H3,(H,40,41)/b10-8+,11-9+,35-32-. The normalized spacial score (nSPS) is 26.8. The molecule has 6 nitrogen and oxygen atoms in total. The molecule has 4 unspecified atom stereocenters. The molecule has 0 radical (unpaired) electrons. The number of carboxylic acids is 1. The molecular weight excluding hydrogens is 587 g/mol. The van der Waals surface area contributed by atoms with Crippen molar-refractivity contribution in [2.75, 3.05) is 7.11 Å². The van der Waals surface area contributed by atoms with Crippen LogP contribution in [0.3, 0.4) is 0 Å². The van der Waals surface area contributed by atoms with Crippen LogP contribution in [0.2, 0.25) is 5.02 Å². The second-order valence-electron chi connectivity index (χ2n) is 14.0. The van der Waals surface area contributed by atoms with Crippen LogP contribution in [0.25, 0.3) is 11.8 Å². The molecule has 3 fully saturated rings. The van der Waals surface area contributed by atoms with Gasteiger partial charge in [0.2, 0.25) is 0 Å². The van der Waals surface area contributed by atoms with Crippen LogP contribution < -0.4 is 10.2 Å². The highest BCUT2D eigenvalue weighted by molar-refractivity contribution is 6.62. The molecule has 1 aliphatic heterocycles. The first-order chi connectivity index (χ1) is 21.3. The van der Waals surface area contributed by atoms with Gasteiger partial charge in [-0.15, -0.1) is 0 Å². The molecule has 1 N–H and O–H groups in total. The zero-order chi connectivity index (χ0) is 32.5. The van der Waals surface area contributed by atoms with Gasteiger partial charge in [-0.2, -0.15) is 0 Å². The Hall–Kier alpha value is -3.00. The molecule has 2 bridgehead atoms. The Balaban J connectivity index is 1.45. The summed E-state index contributed by atoms with van der Waals surface area (Å²) in [5.74, 6) is 2.74. The molecule has 2 saturated carbocycles. The summed E-state index contributed by atoms with van der Waals surface area (Å²) < 4.78 is 25.0. The van der Waals surface area contributed by atoms with Gasteiger partial charge in [-0.05, 0) is 99.7 Å². The third kappa shape index (κ3) is 7.21. The van der Waals surface area contributed by atoms with E-state index in [-0.39, 0.29) is 6.61 Å². The number of hydrogen-bond donors (Lipinski definition) is 1. The highest BCUT2D eigenvalue weighted by Gasteiger charge is 2.51. The van der Waals surface area contributed by atoms with Gasteiger partial charge in [-0.3, -0.25) is 0 Å². The number of rotatable bonds is 9. The third-order valence-electron chi connectivity index (χ3n) is 10.1. The summed E-state index contributed by atoms with van der Waals surface area (Å²) in [6, 6.07) is 12.0. The van der Waals surface area contributed by atoms with Crippen LogP contribution in [0.15, 0.2) is 60.2 Å². The summed E-state index contributed by atoms with van der Waals surface area (Å²) in [5, 5.41) is 9.49. The van der Waals surface area contributed by atoms with E-state index in [0.29, 0.717) is 28.5 Å². The summed E-state index contributed by atoms with van der Waals surface area (Å²) in [6.07, 6.45) is 10.9. The zero-order valence-electron chi connectivity index (χ0n) is 27.6. The van der Waals surface area contributed by atoms with Crippen LogP contribution >= 0.6 is 11.6 Å². The van der Waals surface area contributed by atoms with Crippen LogP contribution in [-0.2, 0) is 25.4 Å². The Morgan fingerprint density at radius 2 is 1.69 bits per heavy atom. The number of carbonyl (C=O) groups is 1. The number of methoxy groups -OCH3 is 1. The van der Waals surface area contributed by atoms with E-state index in [2.05, 4.69) is 13.8 Å². The lowest BCUT2D eigenvalue weighted by Gasteiger charge is -2.43. The molecule has 1 saturated heterocycles. The first-order valence-corrected chi connectivity index (χ1v) is 16.4. The third-order valence-corrected chi connectivity index (χ3v) is 10.4. The average Bonchev–Trinajstić information content (AvgIpc) is 3.19. The summed E-state index contributed by atoms with van der Waals surface area (Å²) in [5.41, 5.74) is 4.02. The molecule has 1 heterocycles. The van der Waals surface area contributed by atoms with Crippen LogP contribution in [0.1, 0.15) is 83.9 Å². The Bertz CT molecular complexity index is 1470. The van der Waals surface area contributed by atoms with Gasteiger partial charge in [0.25, 0.3) is 0 Å². The lowest BCUT2D eigenvalue weighted by molar-refractivity contribution is -0.131. The monoisotopic (exact) mass is 632 g/mol. The number of aliphatic carboxylic acids is 1. The van der Waals surface area contributed by atoms with Gasteiger partial charge in [-0.1, -0.05) is 74.0 Å². The maximum absolute atomic E-state index is 11.0. The first kappa shape index (κ1) is 33.4. The van der Waals surface area contributed by atoms with Crippen molar-refractivity contribution < 1.29 is 28.7 Å². The van der Waals surface area contributed by atoms with Crippen molar-refractivity contribution in [3.05, 3.63) is 81.9 Å². The van der Waals surface area contributed by atoms with Gasteiger partial charge in [0.15, 0.2) is 0 Å². The highest BCUT2D eigenvalue weighted by atomic mass is 35.5. The molecule has 3 aliphatic rings. The highest BCUT2D eigenvalue weighted by Crippen LogP contribution is 2.51. The molecule has 240 valence electrons. The minimum absolute atomic E-state index is 0.287. The number of benzene rings is 2. The van der Waals surface area contributed by atoms with E-state index < -0.39 is 24.3 Å². The number of allylic oxidation sites excluding steroid dienone is 3. The second kappa shape index (κ2) is 13.4. The lowest BCUT2D eigenvalue weighted by Crippen LogP contribution is -2.41. The minimum atomic E-state index is -1.01. The molecule has 4 atom stereocenters. The van der Waals surface area contributed by atoms with Crippen molar-refractivity contribution in [2.24, 2.45) is 23.7 Å². The average molecular weight is 633 g/mol. The predicted molar refractivity (Wildman–Crippen MR) is 181 cm³/mol. The van der Waals surface area contributed by atoms with Gasteiger partial charge in [0.1, 0.15) is 18.1 Å². The van der Waals surface area contributed by atoms with Crippen molar-refractivity contribution in [3.8, 4) is 5.75 Å². The molecule has 8 heteroatoms. The van der Waals surface area contributed by atoms with Gasteiger partial charge in [0.05, 0.1) is 23.3 Å². The number of fused-ring (bicyclic) bond motifs is 2. The smallest absolute Gasteiger partial charge is 0.494 e. The first-order valence-electron chi connectivity index (χ1n) is 16.1. The fourth-order valence-electron chi connectivity index (χ4n) is 7.24. The topological polar surface area (TPSA) is 74.2 Å². The van der Waals surface area contributed by atoms with E-state index >= 15 is 0 Å². The fraction of sp³-hybridized carbons (Fsp3) is 0.486. The molecule has 2 aromatic carbocycles. The Kier molecular flexibility index (Phi) is 9.93. The zero-order valence-corrected chi connectivity index (χ0v) is 28.3. The molecule has 0 spiro atoms. The summed E-state index contributed by atoms with van der Waals surface area (Å²) in [7, 11) is 1.30. The molecular formula is C37H46BClO6. The van der Waals surface area contributed by atoms with Crippen LogP contribution in [0.4, 0.5) is 0 Å². The van der Waals surface area contributed by atoms with E-state index in [1.54, 1.807) is 13.2 Å². The number of ether oxygens (including phenoxy) is 2. The molecule has 2 aromatic rings.